The maximum Gasteiger partial charge on any atom is 0.142 e. The number of anilines is 1. The second-order valence-electron chi connectivity index (χ2n) is 4.94. The summed E-state index contributed by atoms with van der Waals surface area (Å²) in [6, 6.07) is 6.42. The fraction of sp³-hybridized carbons (Fsp3) is 0.571. The lowest BCUT2D eigenvalue weighted by Gasteiger charge is -2.40. The first-order valence-corrected chi connectivity index (χ1v) is 6.36. The van der Waals surface area contributed by atoms with Gasteiger partial charge in [0.25, 0.3) is 0 Å². The van der Waals surface area contributed by atoms with Crippen molar-refractivity contribution in [3.63, 3.8) is 0 Å². The van der Waals surface area contributed by atoms with Crippen LogP contribution < -0.4 is 9.64 Å². The van der Waals surface area contributed by atoms with Crippen LogP contribution in [0.2, 0.25) is 0 Å². The topological polar surface area (TPSA) is 35.9 Å². The van der Waals surface area contributed by atoms with Gasteiger partial charge in [-0.25, -0.2) is 0 Å². The normalized spacial score (nSPS) is 21.1. The van der Waals surface area contributed by atoms with Crippen molar-refractivity contribution in [2.45, 2.75) is 13.0 Å². The molecule has 1 aliphatic rings. The van der Waals surface area contributed by atoms with Crippen LogP contribution in [0.25, 0.3) is 0 Å². The van der Waals surface area contributed by atoms with Gasteiger partial charge in [0.05, 0.1) is 25.4 Å². The molecule has 1 aromatic carbocycles. The number of methoxy groups -OCH3 is 1. The SMILES string of the molecule is COc1ccc(C)cc1N1CCN(C)C(CO)C1. The van der Waals surface area contributed by atoms with Gasteiger partial charge in [0.15, 0.2) is 0 Å². The number of piperazine rings is 1. The molecular weight excluding hydrogens is 228 g/mol. The van der Waals surface area contributed by atoms with Crippen molar-refractivity contribution in [1.29, 1.82) is 0 Å². The molecule has 1 heterocycles. The van der Waals surface area contributed by atoms with Gasteiger partial charge in [-0.1, -0.05) is 6.07 Å². The number of hydrogen-bond donors (Lipinski definition) is 1. The Hall–Kier alpha value is -1.26. The number of nitrogens with zero attached hydrogens (tertiary/aromatic N) is 2. The van der Waals surface area contributed by atoms with Gasteiger partial charge in [-0.05, 0) is 31.7 Å². The maximum absolute atomic E-state index is 9.41. The molecule has 0 amide bonds. The molecule has 2 rings (SSSR count). The van der Waals surface area contributed by atoms with Crippen molar-refractivity contribution in [1.82, 2.24) is 4.90 Å². The lowest BCUT2D eigenvalue weighted by Crippen LogP contribution is -2.53. The number of hydrogen-bond acceptors (Lipinski definition) is 4. The summed E-state index contributed by atoms with van der Waals surface area (Å²) in [6.45, 7) is 5.05. The zero-order valence-corrected chi connectivity index (χ0v) is 11.4. The molecule has 0 aromatic heterocycles. The zero-order chi connectivity index (χ0) is 13.1. The highest BCUT2D eigenvalue weighted by atomic mass is 16.5. The first kappa shape index (κ1) is 13.2. The first-order valence-electron chi connectivity index (χ1n) is 6.36. The number of aryl methyl sites for hydroxylation is 1. The van der Waals surface area contributed by atoms with Gasteiger partial charge in [-0.3, -0.25) is 4.90 Å². The number of ether oxygens (including phenoxy) is 1. The molecule has 1 atom stereocenters. The molecule has 0 spiro atoms. The Morgan fingerprint density at radius 1 is 1.39 bits per heavy atom. The van der Waals surface area contributed by atoms with Gasteiger partial charge >= 0.3 is 0 Å². The molecule has 1 N–H and O–H groups in total. The number of likely N-dealkylation sites (N-methyl/N-ethyl adjacent to an activating group) is 1. The standard InChI is InChI=1S/C14H22N2O2/c1-11-4-5-14(18-3)13(8-11)16-7-6-15(2)12(9-16)10-17/h4-5,8,12,17H,6-7,9-10H2,1-3H3. The largest absolute Gasteiger partial charge is 0.495 e. The van der Waals surface area contributed by atoms with Crippen molar-refractivity contribution in [3.05, 3.63) is 23.8 Å². The minimum Gasteiger partial charge on any atom is -0.495 e. The van der Waals surface area contributed by atoms with Crippen molar-refractivity contribution < 1.29 is 9.84 Å². The number of rotatable bonds is 3. The molecule has 1 unspecified atom stereocenters. The Balaban J connectivity index is 2.23. The van der Waals surface area contributed by atoms with Crippen molar-refractivity contribution >= 4 is 5.69 Å². The number of aliphatic hydroxyl groups excluding tert-OH is 1. The summed E-state index contributed by atoms with van der Waals surface area (Å²) in [5.41, 5.74) is 2.36. The molecule has 18 heavy (non-hydrogen) atoms. The molecule has 0 aliphatic carbocycles. The Kier molecular flexibility index (Phi) is 4.09. The van der Waals surface area contributed by atoms with Gasteiger partial charge in [-0.15, -0.1) is 0 Å². The minimum absolute atomic E-state index is 0.196. The summed E-state index contributed by atoms with van der Waals surface area (Å²) >= 11 is 0. The number of aliphatic hydroxyl groups is 1. The number of benzene rings is 1. The summed E-state index contributed by atoms with van der Waals surface area (Å²) in [6.07, 6.45) is 0. The van der Waals surface area contributed by atoms with E-state index in [2.05, 4.69) is 35.9 Å². The summed E-state index contributed by atoms with van der Waals surface area (Å²) in [5.74, 6) is 0.904. The molecule has 1 aromatic rings. The molecule has 4 heteroatoms. The summed E-state index contributed by atoms with van der Waals surface area (Å²) in [5, 5.41) is 9.41. The average Bonchev–Trinajstić information content (AvgIpc) is 2.39. The van der Waals surface area contributed by atoms with Crippen LogP contribution in [0, 0.1) is 6.92 Å². The molecule has 0 radical (unpaired) electrons. The lowest BCUT2D eigenvalue weighted by atomic mass is 10.1. The third-order valence-corrected chi connectivity index (χ3v) is 3.66. The van der Waals surface area contributed by atoms with Gasteiger partial charge in [0.2, 0.25) is 0 Å². The third kappa shape index (κ3) is 2.60. The van der Waals surface area contributed by atoms with Crippen LogP contribution in [0.4, 0.5) is 5.69 Å². The van der Waals surface area contributed by atoms with Crippen LogP contribution in [0.15, 0.2) is 18.2 Å². The van der Waals surface area contributed by atoms with E-state index in [9.17, 15) is 5.11 Å². The predicted octanol–water partition coefficient (Wildman–Crippen LogP) is 1.12. The summed E-state index contributed by atoms with van der Waals surface area (Å²) in [7, 11) is 3.76. The van der Waals surface area contributed by atoms with Gasteiger partial charge in [0, 0.05) is 19.6 Å². The molecule has 0 bridgehead atoms. The van der Waals surface area contributed by atoms with Crippen LogP contribution in [0.3, 0.4) is 0 Å². The molecule has 1 aliphatic heterocycles. The lowest BCUT2D eigenvalue weighted by molar-refractivity contribution is 0.135. The zero-order valence-electron chi connectivity index (χ0n) is 11.4. The van der Waals surface area contributed by atoms with Gasteiger partial charge in [-0.2, -0.15) is 0 Å². The van der Waals surface area contributed by atoms with E-state index in [1.54, 1.807) is 7.11 Å². The van der Waals surface area contributed by atoms with Gasteiger partial charge in [0.1, 0.15) is 5.75 Å². The summed E-state index contributed by atoms with van der Waals surface area (Å²) in [4.78, 5) is 4.51. The molecule has 4 nitrogen and oxygen atoms in total. The highest BCUT2D eigenvalue weighted by Crippen LogP contribution is 2.30. The third-order valence-electron chi connectivity index (χ3n) is 3.66. The van der Waals surface area contributed by atoms with Crippen molar-refractivity contribution in [3.8, 4) is 5.75 Å². The first-order chi connectivity index (χ1) is 8.65. The van der Waals surface area contributed by atoms with E-state index in [-0.39, 0.29) is 12.6 Å². The molecule has 1 saturated heterocycles. The van der Waals surface area contributed by atoms with E-state index < -0.39 is 0 Å². The quantitative estimate of drug-likeness (QED) is 0.872. The van der Waals surface area contributed by atoms with Crippen LogP contribution in [-0.2, 0) is 0 Å². The van der Waals surface area contributed by atoms with E-state index >= 15 is 0 Å². The minimum atomic E-state index is 0.196. The Morgan fingerprint density at radius 2 is 2.17 bits per heavy atom. The second kappa shape index (κ2) is 5.59. The van der Waals surface area contributed by atoms with Gasteiger partial charge < -0.3 is 14.7 Å². The van der Waals surface area contributed by atoms with Crippen LogP contribution in [0.1, 0.15) is 5.56 Å². The maximum atomic E-state index is 9.41. The molecule has 1 fully saturated rings. The van der Waals surface area contributed by atoms with E-state index in [0.29, 0.717) is 0 Å². The predicted molar refractivity (Wildman–Crippen MR) is 73.4 cm³/mol. The Labute approximate surface area is 109 Å². The fourth-order valence-electron chi connectivity index (χ4n) is 2.41. The highest BCUT2D eigenvalue weighted by molar-refractivity contribution is 5.60. The van der Waals surface area contributed by atoms with E-state index in [4.69, 9.17) is 4.74 Å². The summed E-state index contributed by atoms with van der Waals surface area (Å²) < 4.78 is 5.43. The van der Waals surface area contributed by atoms with Crippen LogP contribution in [0.5, 0.6) is 5.75 Å². The average molecular weight is 250 g/mol. The molecule has 100 valence electrons. The van der Waals surface area contributed by atoms with E-state index in [0.717, 1.165) is 31.1 Å². The van der Waals surface area contributed by atoms with Crippen LogP contribution in [-0.4, -0.2) is 56.4 Å². The smallest absolute Gasteiger partial charge is 0.142 e. The Bertz CT molecular complexity index is 409. The fourth-order valence-corrected chi connectivity index (χ4v) is 2.41. The second-order valence-corrected chi connectivity index (χ2v) is 4.94. The van der Waals surface area contributed by atoms with Crippen LogP contribution >= 0.6 is 0 Å². The Morgan fingerprint density at radius 3 is 2.83 bits per heavy atom. The van der Waals surface area contributed by atoms with E-state index in [1.807, 2.05) is 6.07 Å². The van der Waals surface area contributed by atoms with Crippen molar-refractivity contribution in [2.75, 3.05) is 45.3 Å². The molecular formula is C14H22N2O2. The molecule has 0 saturated carbocycles. The van der Waals surface area contributed by atoms with E-state index in [1.165, 1.54) is 5.56 Å². The van der Waals surface area contributed by atoms with Crippen molar-refractivity contribution in [2.24, 2.45) is 0 Å². The highest BCUT2D eigenvalue weighted by Gasteiger charge is 2.25. The monoisotopic (exact) mass is 250 g/mol.